The molecular weight excluding hydrogens is 280 g/mol. The van der Waals surface area contributed by atoms with Gasteiger partial charge in [-0.3, -0.25) is 4.79 Å². The van der Waals surface area contributed by atoms with E-state index in [1.165, 1.54) is 0 Å². The van der Waals surface area contributed by atoms with Crippen LogP contribution in [0.2, 0.25) is 10.0 Å². The lowest BCUT2D eigenvalue weighted by atomic mass is 10.1. The van der Waals surface area contributed by atoms with E-state index in [-0.39, 0.29) is 5.91 Å². The molecule has 1 aliphatic rings. The number of hydrogen-bond donors (Lipinski definition) is 0. The molecule has 92 valence electrons. The Balaban J connectivity index is 2.14. The first-order valence-electron chi connectivity index (χ1n) is 5.41. The molecule has 1 unspecified atom stereocenters. The maximum atomic E-state index is 12.2. The van der Waals surface area contributed by atoms with E-state index in [1.54, 1.807) is 23.1 Å². The molecule has 2 nitrogen and oxygen atoms in total. The number of carbonyl (C=O) groups excluding carboxylic acids is 1. The lowest BCUT2D eigenvalue weighted by molar-refractivity contribution is 0.0788. The van der Waals surface area contributed by atoms with Gasteiger partial charge in [-0.15, -0.1) is 11.6 Å². The second-order valence-electron chi connectivity index (χ2n) is 4.22. The molecule has 1 saturated heterocycles. The molecule has 1 heterocycles. The van der Waals surface area contributed by atoms with Crippen molar-refractivity contribution in [3.8, 4) is 0 Å². The van der Waals surface area contributed by atoms with Crippen LogP contribution in [0.5, 0.6) is 0 Å². The minimum atomic E-state index is -0.0259. The van der Waals surface area contributed by atoms with Crippen LogP contribution in [0.1, 0.15) is 16.8 Å². The zero-order chi connectivity index (χ0) is 12.4. The summed E-state index contributed by atoms with van der Waals surface area (Å²) in [7, 11) is 0. The molecular formula is C12H12Cl3NO. The van der Waals surface area contributed by atoms with Crippen molar-refractivity contribution in [2.24, 2.45) is 5.92 Å². The highest BCUT2D eigenvalue weighted by Gasteiger charge is 2.26. The monoisotopic (exact) mass is 291 g/mol. The lowest BCUT2D eigenvalue weighted by Crippen LogP contribution is -2.28. The highest BCUT2D eigenvalue weighted by atomic mass is 35.5. The van der Waals surface area contributed by atoms with Gasteiger partial charge in [-0.1, -0.05) is 23.2 Å². The van der Waals surface area contributed by atoms with E-state index < -0.39 is 0 Å². The fourth-order valence-electron chi connectivity index (χ4n) is 2.00. The van der Waals surface area contributed by atoms with Crippen LogP contribution in [0.25, 0.3) is 0 Å². The molecule has 1 fully saturated rings. The van der Waals surface area contributed by atoms with Gasteiger partial charge in [-0.25, -0.2) is 0 Å². The van der Waals surface area contributed by atoms with Crippen LogP contribution >= 0.6 is 34.8 Å². The number of rotatable bonds is 2. The fourth-order valence-corrected chi connectivity index (χ4v) is 2.78. The molecule has 1 amide bonds. The van der Waals surface area contributed by atoms with Crippen molar-refractivity contribution in [1.29, 1.82) is 0 Å². The molecule has 0 N–H and O–H groups in total. The topological polar surface area (TPSA) is 20.3 Å². The summed E-state index contributed by atoms with van der Waals surface area (Å²) in [5.41, 5.74) is 0.540. The van der Waals surface area contributed by atoms with E-state index in [2.05, 4.69) is 0 Å². The summed E-state index contributed by atoms with van der Waals surface area (Å²) < 4.78 is 0. The first kappa shape index (κ1) is 13.0. The Kier molecular flexibility index (Phi) is 4.18. The van der Waals surface area contributed by atoms with Gasteiger partial charge in [0.1, 0.15) is 0 Å². The number of hydrogen-bond acceptors (Lipinski definition) is 1. The van der Waals surface area contributed by atoms with Crippen LogP contribution in [0, 0.1) is 5.92 Å². The summed E-state index contributed by atoms with van der Waals surface area (Å²) in [4.78, 5) is 14.0. The number of likely N-dealkylation sites (tertiary alicyclic amines) is 1. The Morgan fingerprint density at radius 2 is 1.94 bits per heavy atom. The maximum absolute atomic E-state index is 12.2. The third kappa shape index (κ3) is 3.06. The Labute approximate surface area is 115 Å². The molecule has 0 radical (unpaired) electrons. The quantitative estimate of drug-likeness (QED) is 0.761. The normalized spacial score (nSPS) is 19.7. The van der Waals surface area contributed by atoms with E-state index in [1.807, 2.05) is 0 Å². The van der Waals surface area contributed by atoms with Gasteiger partial charge in [0.05, 0.1) is 0 Å². The summed E-state index contributed by atoms with van der Waals surface area (Å²) in [6.45, 7) is 1.47. The van der Waals surface area contributed by atoms with Crippen molar-refractivity contribution in [2.45, 2.75) is 6.42 Å². The van der Waals surface area contributed by atoms with Crippen molar-refractivity contribution in [2.75, 3.05) is 19.0 Å². The largest absolute Gasteiger partial charge is 0.338 e. The smallest absolute Gasteiger partial charge is 0.253 e. The summed E-state index contributed by atoms with van der Waals surface area (Å²) in [6.07, 6.45) is 0.962. The first-order chi connectivity index (χ1) is 8.10. The number of benzene rings is 1. The molecule has 5 heteroatoms. The number of nitrogens with zero attached hydrogens (tertiary/aromatic N) is 1. The van der Waals surface area contributed by atoms with E-state index in [0.29, 0.717) is 34.0 Å². The van der Waals surface area contributed by atoms with Gasteiger partial charge < -0.3 is 4.90 Å². The van der Waals surface area contributed by atoms with Gasteiger partial charge in [0.25, 0.3) is 5.91 Å². The fraction of sp³-hybridized carbons (Fsp3) is 0.417. The highest BCUT2D eigenvalue weighted by Crippen LogP contribution is 2.23. The average Bonchev–Trinajstić information content (AvgIpc) is 2.75. The van der Waals surface area contributed by atoms with Crippen LogP contribution in [-0.2, 0) is 0 Å². The third-order valence-electron chi connectivity index (χ3n) is 2.90. The van der Waals surface area contributed by atoms with Crippen LogP contribution in [-0.4, -0.2) is 29.8 Å². The summed E-state index contributed by atoms with van der Waals surface area (Å²) in [6, 6.07) is 4.90. The SMILES string of the molecule is O=C(c1cc(Cl)cc(Cl)c1)N1CCC(CCl)C1. The van der Waals surface area contributed by atoms with Crippen molar-refractivity contribution in [3.63, 3.8) is 0 Å². The molecule has 1 aliphatic heterocycles. The van der Waals surface area contributed by atoms with Gasteiger partial charge in [-0.2, -0.15) is 0 Å². The van der Waals surface area contributed by atoms with Crippen molar-refractivity contribution in [1.82, 2.24) is 4.90 Å². The van der Waals surface area contributed by atoms with Gasteiger partial charge in [0.15, 0.2) is 0 Å². The molecule has 0 spiro atoms. The number of alkyl halides is 1. The summed E-state index contributed by atoms with van der Waals surface area (Å²) >= 11 is 17.6. The molecule has 0 aliphatic carbocycles. The first-order valence-corrected chi connectivity index (χ1v) is 6.70. The van der Waals surface area contributed by atoms with Gasteiger partial charge >= 0.3 is 0 Å². The molecule has 2 rings (SSSR count). The molecule has 1 atom stereocenters. The van der Waals surface area contributed by atoms with Gasteiger partial charge in [-0.05, 0) is 30.5 Å². The van der Waals surface area contributed by atoms with Crippen LogP contribution in [0.15, 0.2) is 18.2 Å². The average molecular weight is 293 g/mol. The standard InChI is InChI=1S/C12H12Cl3NO/c13-6-8-1-2-16(7-8)12(17)9-3-10(14)5-11(15)4-9/h3-5,8H,1-2,6-7H2. The van der Waals surface area contributed by atoms with Crippen LogP contribution in [0.3, 0.4) is 0 Å². The Bertz CT molecular complexity index is 416. The van der Waals surface area contributed by atoms with E-state index in [4.69, 9.17) is 34.8 Å². The predicted molar refractivity (Wildman–Crippen MR) is 71.2 cm³/mol. The Hall–Kier alpha value is -0.440. The minimum Gasteiger partial charge on any atom is -0.338 e. The highest BCUT2D eigenvalue weighted by molar-refractivity contribution is 6.35. The van der Waals surface area contributed by atoms with Crippen LogP contribution < -0.4 is 0 Å². The molecule has 1 aromatic carbocycles. The zero-order valence-corrected chi connectivity index (χ0v) is 11.4. The summed E-state index contributed by atoms with van der Waals surface area (Å²) in [5, 5.41) is 0.961. The van der Waals surface area contributed by atoms with E-state index >= 15 is 0 Å². The maximum Gasteiger partial charge on any atom is 0.253 e. The number of carbonyl (C=O) groups is 1. The molecule has 0 aromatic heterocycles. The van der Waals surface area contributed by atoms with Gasteiger partial charge in [0.2, 0.25) is 0 Å². The molecule has 0 saturated carbocycles. The number of halogens is 3. The zero-order valence-electron chi connectivity index (χ0n) is 9.13. The molecule has 0 bridgehead atoms. The van der Waals surface area contributed by atoms with Crippen LogP contribution in [0.4, 0.5) is 0 Å². The minimum absolute atomic E-state index is 0.0259. The second-order valence-corrected chi connectivity index (χ2v) is 5.40. The van der Waals surface area contributed by atoms with Crippen molar-refractivity contribution in [3.05, 3.63) is 33.8 Å². The molecule has 17 heavy (non-hydrogen) atoms. The van der Waals surface area contributed by atoms with Gasteiger partial charge in [0, 0.05) is 34.6 Å². The predicted octanol–water partition coefficient (Wildman–Crippen LogP) is 3.69. The van der Waals surface area contributed by atoms with Crippen molar-refractivity contribution >= 4 is 40.7 Å². The summed E-state index contributed by atoms with van der Waals surface area (Å²) in [5.74, 6) is 0.970. The Morgan fingerprint density at radius 3 is 2.47 bits per heavy atom. The van der Waals surface area contributed by atoms with E-state index in [0.717, 1.165) is 13.0 Å². The van der Waals surface area contributed by atoms with E-state index in [9.17, 15) is 4.79 Å². The van der Waals surface area contributed by atoms with Crippen molar-refractivity contribution < 1.29 is 4.79 Å². The Morgan fingerprint density at radius 1 is 1.29 bits per heavy atom. The molecule has 1 aromatic rings. The third-order valence-corrected chi connectivity index (χ3v) is 3.77. The second kappa shape index (κ2) is 5.47. The lowest BCUT2D eigenvalue weighted by Gasteiger charge is -2.16. The number of amides is 1.